The SMILES string of the molecule is CCCCOc1c(I)cc(Br)cc1C=NN. The maximum absolute atomic E-state index is 5.74. The molecule has 1 rings (SSSR count). The first kappa shape index (κ1) is 13.8. The van der Waals surface area contributed by atoms with Crippen molar-refractivity contribution in [2.45, 2.75) is 19.8 Å². The van der Waals surface area contributed by atoms with Crippen molar-refractivity contribution in [3.05, 3.63) is 25.7 Å². The molecule has 0 saturated heterocycles. The van der Waals surface area contributed by atoms with E-state index in [2.05, 4.69) is 50.5 Å². The molecule has 3 nitrogen and oxygen atoms in total. The van der Waals surface area contributed by atoms with Gasteiger partial charge in [0.15, 0.2) is 0 Å². The van der Waals surface area contributed by atoms with Gasteiger partial charge in [-0.15, -0.1) is 0 Å². The summed E-state index contributed by atoms with van der Waals surface area (Å²) >= 11 is 5.68. The fourth-order valence-electron chi connectivity index (χ4n) is 1.23. The summed E-state index contributed by atoms with van der Waals surface area (Å²) in [4.78, 5) is 0. The first-order chi connectivity index (χ1) is 7.69. The van der Waals surface area contributed by atoms with Crippen LogP contribution in [0.2, 0.25) is 0 Å². The molecule has 0 amide bonds. The number of hydrogen-bond donors (Lipinski definition) is 1. The average Bonchev–Trinajstić information content (AvgIpc) is 2.22. The van der Waals surface area contributed by atoms with Crippen molar-refractivity contribution < 1.29 is 4.74 Å². The van der Waals surface area contributed by atoms with Crippen LogP contribution in [0.25, 0.3) is 0 Å². The topological polar surface area (TPSA) is 47.6 Å². The number of unbranched alkanes of at least 4 members (excludes halogenated alkanes) is 1. The van der Waals surface area contributed by atoms with E-state index in [4.69, 9.17) is 10.6 Å². The Morgan fingerprint density at radius 2 is 2.31 bits per heavy atom. The van der Waals surface area contributed by atoms with Crippen LogP contribution in [0.4, 0.5) is 0 Å². The van der Waals surface area contributed by atoms with Crippen molar-refractivity contribution in [1.82, 2.24) is 0 Å². The monoisotopic (exact) mass is 396 g/mol. The van der Waals surface area contributed by atoms with Crippen LogP contribution in [-0.4, -0.2) is 12.8 Å². The van der Waals surface area contributed by atoms with E-state index in [0.29, 0.717) is 0 Å². The van der Waals surface area contributed by atoms with E-state index in [1.807, 2.05) is 12.1 Å². The summed E-state index contributed by atoms with van der Waals surface area (Å²) in [5.41, 5.74) is 0.900. The molecule has 0 saturated carbocycles. The average molecular weight is 397 g/mol. The molecule has 5 heteroatoms. The van der Waals surface area contributed by atoms with Gasteiger partial charge in [-0.25, -0.2) is 0 Å². The van der Waals surface area contributed by atoms with Crippen LogP contribution in [0.5, 0.6) is 5.75 Å². The third-order valence-corrected chi connectivity index (χ3v) is 3.25. The van der Waals surface area contributed by atoms with E-state index >= 15 is 0 Å². The maximum Gasteiger partial charge on any atom is 0.141 e. The Kier molecular flexibility index (Phi) is 6.12. The molecular weight excluding hydrogens is 383 g/mol. The summed E-state index contributed by atoms with van der Waals surface area (Å²) in [5, 5.41) is 3.55. The van der Waals surface area contributed by atoms with Gasteiger partial charge in [0.25, 0.3) is 0 Å². The standard InChI is InChI=1S/C11H14BrIN2O/c1-2-3-4-16-11-8(7-15-14)5-9(12)6-10(11)13/h5-7H,2-4,14H2,1H3. The molecule has 0 radical (unpaired) electrons. The molecule has 88 valence electrons. The molecule has 16 heavy (non-hydrogen) atoms. The Morgan fingerprint density at radius 3 is 2.94 bits per heavy atom. The highest BCUT2D eigenvalue weighted by Gasteiger charge is 2.08. The number of rotatable bonds is 5. The zero-order chi connectivity index (χ0) is 12.0. The lowest BCUT2D eigenvalue weighted by Gasteiger charge is -2.11. The van der Waals surface area contributed by atoms with Crippen LogP contribution in [-0.2, 0) is 0 Å². The maximum atomic E-state index is 5.74. The highest BCUT2D eigenvalue weighted by molar-refractivity contribution is 14.1. The zero-order valence-corrected chi connectivity index (χ0v) is 12.8. The molecule has 1 aromatic carbocycles. The third kappa shape index (κ3) is 3.93. The summed E-state index contributed by atoms with van der Waals surface area (Å²) < 4.78 is 7.79. The van der Waals surface area contributed by atoms with Crippen molar-refractivity contribution in [3.63, 3.8) is 0 Å². The predicted octanol–water partition coefficient (Wildman–Crippen LogP) is 3.53. The van der Waals surface area contributed by atoms with Gasteiger partial charge < -0.3 is 10.6 Å². The summed E-state index contributed by atoms with van der Waals surface area (Å²) in [6.45, 7) is 2.86. The van der Waals surface area contributed by atoms with Crippen molar-refractivity contribution in [3.8, 4) is 5.75 Å². The van der Waals surface area contributed by atoms with Crippen LogP contribution >= 0.6 is 38.5 Å². The number of ether oxygens (including phenoxy) is 1. The van der Waals surface area contributed by atoms with Crippen LogP contribution in [0.15, 0.2) is 21.7 Å². The number of nitrogens with zero attached hydrogens (tertiary/aromatic N) is 1. The van der Waals surface area contributed by atoms with Gasteiger partial charge in [0.05, 0.1) is 16.4 Å². The Morgan fingerprint density at radius 1 is 1.56 bits per heavy atom. The van der Waals surface area contributed by atoms with Crippen LogP contribution in [0, 0.1) is 3.57 Å². The van der Waals surface area contributed by atoms with Gasteiger partial charge in [-0.1, -0.05) is 29.3 Å². The highest BCUT2D eigenvalue weighted by Crippen LogP contribution is 2.29. The van der Waals surface area contributed by atoms with E-state index in [0.717, 1.165) is 38.8 Å². The molecule has 2 N–H and O–H groups in total. The number of halogens is 2. The predicted molar refractivity (Wildman–Crippen MR) is 79.0 cm³/mol. The summed E-state index contributed by atoms with van der Waals surface area (Å²) in [6.07, 6.45) is 3.77. The van der Waals surface area contributed by atoms with Crippen LogP contribution in [0.3, 0.4) is 0 Å². The quantitative estimate of drug-likeness (QED) is 0.272. The van der Waals surface area contributed by atoms with Crippen molar-refractivity contribution in [1.29, 1.82) is 0 Å². The summed E-state index contributed by atoms with van der Waals surface area (Å²) in [7, 11) is 0. The largest absolute Gasteiger partial charge is 0.492 e. The Hall–Kier alpha value is -0.300. The minimum atomic E-state index is 0.722. The van der Waals surface area contributed by atoms with Crippen LogP contribution < -0.4 is 10.6 Å². The van der Waals surface area contributed by atoms with Crippen molar-refractivity contribution in [2.75, 3.05) is 6.61 Å². The van der Waals surface area contributed by atoms with E-state index in [9.17, 15) is 0 Å². The first-order valence-electron chi connectivity index (χ1n) is 5.04. The molecule has 0 spiro atoms. The number of hydrogen-bond acceptors (Lipinski definition) is 3. The van der Waals surface area contributed by atoms with Gasteiger partial charge in [0.2, 0.25) is 0 Å². The molecule has 0 aliphatic carbocycles. The van der Waals surface area contributed by atoms with Crippen LogP contribution in [0.1, 0.15) is 25.3 Å². The van der Waals surface area contributed by atoms with Gasteiger partial charge >= 0.3 is 0 Å². The lowest BCUT2D eigenvalue weighted by atomic mass is 10.2. The highest BCUT2D eigenvalue weighted by atomic mass is 127. The lowest BCUT2D eigenvalue weighted by Crippen LogP contribution is -2.02. The summed E-state index contributed by atoms with van der Waals surface area (Å²) in [5.74, 6) is 6.03. The minimum absolute atomic E-state index is 0.722. The fraction of sp³-hybridized carbons (Fsp3) is 0.364. The fourth-order valence-corrected chi connectivity index (χ4v) is 2.93. The molecule has 0 unspecified atom stereocenters. The number of hydrazone groups is 1. The second kappa shape index (κ2) is 7.11. The molecule has 0 bridgehead atoms. The number of benzene rings is 1. The number of nitrogens with two attached hydrogens (primary N) is 1. The molecule has 1 aromatic rings. The summed E-state index contributed by atoms with van der Waals surface area (Å²) in [6, 6.07) is 3.95. The molecule has 0 aliphatic heterocycles. The van der Waals surface area contributed by atoms with Crippen molar-refractivity contribution >= 4 is 44.7 Å². The van der Waals surface area contributed by atoms with Gasteiger partial charge in [0.1, 0.15) is 5.75 Å². The Bertz CT molecular complexity index is 382. The van der Waals surface area contributed by atoms with Crippen molar-refractivity contribution in [2.24, 2.45) is 10.9 Å². The van der Waals surface area contributed by atoms with E-state index in [1.165, 1.54) is 0 Å². The van der Waals surface area contributed by atoms with E-state index < -0.39 is 0 Å². The van der Waals surface area contributed by atoms with Gasteiger partial charge in [-0.05, 0) is 41.1 Å². The normalized spacial score (nSPS) is 10.9. The Balaban J connectivity index is 2.94. The molecule has 0 aromatic heterocycles. The lowest BCUT2D eigenvalue weighted by molar-refractivity contribution is 0.307. The zero-order valence-electron chi connectivity index (χ0n) is 9.04. The third-order valence-electron chi connectivity index (χ3n) is 2.00. The van der Waals surface area contributed by atoms with E-state index in [-0.39, 0.29) is 0 Å². The second-order valence-electron chi connectivity index (χ2n) is 3.29. The smallest absolute Gasteiger partial charge is 0.141 e. The second-order valence-corrected chi connectivity index (χ2v) is 5.36. The van der Waals surface area contributed by atoms with Gasteiger partial charge in [-0.3, -0.25) is 0 Å². The molecule has 0 fully saturated rings. The van der Waals surface area contributed by atoms with Gasteiger partial charge in [0, 0.05) is 10.0 Å². The Labute approximate surface area is 118 Å². The molecule has 0 aliphatic rings. The molecule has 0 atom stereocenters. The first-order valence-corrected chi connectivity index (χ1v) is 6.91. The molecule has 0 heterocycles. The molecular formula is C11H14BrIN2O. The van der Waals surface area contributed by atoms with Gasteiger partial charge in [-0.2, -0.15) is 5.10 Å². The van der Waals surface area contributed by atoms with E-state index in [1.54, 1.807) is 6.21 Å². The minimum Gasteiger partial charge on any atom is -0.492 e.